The quantitative estimate of drug-likeness (QED) is 0.308. The lowest BCUT2D eigenvalue weighted by molar-refractivity contribution is -0.305. The van der Waals surface area contributed by atoms with Crippen molar-refractivity contribution in [1.82, 2.24) is 10.2 Å². The highest BCUT2D eigenvalue weighted by Gasteiger charge is 2.57. The number of Topliss-reactive ketones (excluding diaryl/α,β-unsaturated/α-hetero) is 1. The van der Waals surface area contributed by atoms with Crippen molar-refractivity contribution in [3.63, 3.8) is 0 Å². The van der Waals surface area contributed by atoms with Crippen LogP contribution in [-0.2, 0) is 42.7 Å². The molecule has 4 fully saturated rings. The van der Waals surface area contributed by atoms with Gasteiger partial charge in [0.25, 0.3) is 0 Å². The fraction of sp³-hybridized carbons (Fsp3) is 0.865. The van der Waals surface area contributed by atoms with Crippen LogP contribution in [0.4, 0.5) is 4.79 Å². The third-order valence-corrected chi connectivity index (χ3v) is 11.5. The summed E-state index contributed by atoms with van der Waals surface area (Å²) in [5.74, 6) is -2.26. The zero-order valence-electron chi connectivity index (χ0n) is 31.8. The van der Waals surface area contributed by atoms with E-state index in [1.54, 1.807) is 14.0 Å². The van der Waals surface area contributed by atoms with E-state index in [1.807, 2.05) is 48.7 Å². The molecule has 4 aliphatic heterocycles. The number of amides is 1. The van der Waals surface area contributed by atoms with Gasteiger partial charge in [-0.25, -0.2) is 4.79 Å². The lowest BCUT2D eigenvalue weighted by Gasteiger charge is -2.49. The number of hydrogen-bond donors (Lipinski definition) is 1. The number of esters is 1. The number of nitrogens with one attached hydrogen (secondary N) is 1. The summed E-state index contributed by atoms with van der Waals surface area (Å²) in [7, 11) is 5.70. The molecule has 0 aliphatic carbocycles. The second-order valence-corrected chi connectivity index (χ2v) is 15.4. The minimum absolute atomic E-state index is 0.0286. The van der Waals surface area contributed by atoms with Crippen molar-refractivity contribution in [2.75, 3.05) is 34.4 Å². The van der Waals surface area contributed by atoms with E-state index in [-0.39, 0.29) is 43.0 Å². The van der Waals surface area contributed by atoms with Gasteiger partial charge in [0.1, 0.15) is 25.4 Å². The predicted octanol–water partition coefficient (Wildman–Crippen LogP) is 4.67. The van der Waals surface area contributed by atoms with Crippen LogP contribution in [-0.4, -0.2) is 117 Å². The van der Waals surface area contributed by atoms with Gasteiger partial charge >= 0.3 is 12.1 Å². The highest BCUT2D eigenvalue weighted by Crippen LogP contribution is 2.44. The normalized spacial score (nSPS) is 45.1. The predicted molar refractivity (Wildman–Crippen MR) is 183 cm³/mol. The van der Waals surface area contributed by atoms with Gasteiger partial charge in [0, 0.05) is 25.0 Å². The van der Waals surface area contributed by atoms with E-state index < -0.39 is 71.8 Å². The van der Waals surface area contributed by atoms with Gasteiger partial charge < -0.3 is 43.4 Å². The largest absolute Gasteiger partial charge is 0.458 e. The van der Waals surface area contributed by atoms with Crippen LogP contribution in [0.1, 0.15) is 88.0 Å². The van der Waals surface area contributed by atoms with Gasteiger partial charge in [-0.1, -0.05) is 46.3 Å². The molecule has 0 aromatic rings. The highest BCUT2D eigenvalue weighted by atomic mass is 16.7. The van der Waals surface area contributed by atoms with Crippen molar-refractivity contribution in [1.29, 1.82) is 0 Å². The maximum atomic E-state index is 14.1. The number of ketones is 1. The second kappa shape index (κ2) is 16.1. The standard InChI is InChI=1S/C37H62N2O10/c1-13-15-26-20(3)17-36(8)32(48-34-30(43-12)27(39(10)11)16-21(4)46-34)23(6)29(44-18-25(40)19-45-36)24(7)33(41)47-28(14-2)37(9)31(22(26)5)38-35(42)49-37/h15,20-24,27-32,34H,13-14,16-19H2,1-12H3,(H,38,42)/b26-15+/t20-,21-,22+,23+,24-,27+,28-,29+,30-,31-,32-,34+,36-,37-/m1/s1. The highest BCUT2D eigenvalue weighted by molar-refractivity contribution is 5.81. The number of methoxy groups -OCH3 is 1. The number of rotatable bonds is 6. The van der Waals surface area contributed by atoms with Crippen molar-refractivity contribution in [2.24, 2.45) is 23.7 Å². The summed E-state index contributed by atoms with van der Waals surface area (Å²) < 4.78 is 44.8. The van der Waals surface area contributed by atoms with Gasteiger partial charge in [-0.15, -0.1) is 0 Å². The Balaban J connectivity index is 1.89. The van der Waals surface area contributed by atoms with Crippen LogP contribution in [0.15, 0.2) is 11.6 Å². The van der Waals surface area contributed by atoms with Gasteiger partial charge in [-0.2, -0.15) is 0 Å². The lowest BCUT2D eigenvalue weighted by Crippen LogP contribution is -2.60. The molecule has 0 saturated carbocycles. The van der Waals surface area contributed by atoms with Crippen molar-refractivity contribution >= 4 is 17.8 Å². The van der Waals surface area contributed by atoms with E-state index in [9.17, 15) is 14.4 Å². The number of alkyl carbamates (subject to hydrolysis) is 1. The average Bonchev–Trinajstić information content (AvgIpc) is 3.37. The maximum absolute atomic E-state index is 14.1. The average molecular weight is 695 g/mol. The van der Waals surface area contributed by atoms with Crippen LogP contribution < -0.4 is 5.32 Å². The van der Waals surface area contributed by atoms with Gasteiger partial charge in [0.15, 0.2) is 17.7 Å². The first kappa shape index (κ1) is 39.7. The summed E-state index contributed by atoms with van der Waals surface area (Å²) >= 11 is 0. The van der Waals surface area contributed by atoms with E-state index in [1.165, 1.54) is 0 Å². The third-order valence-electron chi connectivity index (χ3n) is 11.5. The second-order valence-electron chi connectivity index (χ2n) is 15.4. The molecule has 4 heterocycles. The zero-order valence-corrected chi connectivity index (χ0v) is 31.8. The molecule has 2 bridgehead atoms. The van der Waals surface area contributed by atoms with Crippen LogP contribution >= 0.6 is 0 Å². The Morgan fingerprint density at radius 3 is 2.33 bits per heavy atom. The molecule has 0 aromatic heterocycles. The zero-order chi connectivity index (χ0) is 36.4. The molecule has 4 rings (SSSR count). The smallest absolute Gasteiger partial charge is 0.408 e. The number of nitrogens with zero attached hydrogens (tertiary/aromatic N) is 1. The topological polar surface area (TPSA) is 131 Å². The SMILES string of the molecule is CC/C=C1\[C@H](C)C[C@@]2(C)OCC(=O)CO[C@@H]([C@H](C)[C@H]2O[C@@H]2O[C@H](C)C[C@H](N(C)C)[C@H]2OC)[C@@H](C)C(=O)O[C@H](CC)[C@@]2(C)OC(=O)N[C@@H]2[C@H]1C. The van der Waals surface area contributed by atoms with E-state index in [4.69, 9.17) is 33.2 Å². The summed E-state index contributed by atoms with van der Waals surface area (Å²) in [6.45, 7) is 17.4. The number of carbonyl (C=O) groups is 3. The first-order valence-corrected chi connectivity index (χ1v) is 18.2. The molecule has 1 amide bonds. The molecule has 4 saturated heterocycles. The van der Waals surface area contributed by atoms with Gasteiger partial charge in [0.05, 0.1) is 35.9 Å². The number of allylic oxidation sites excluding steroid dienone is 1. The van der Waals surface area contributed by atoms with Crippen LogP contribution in [0.2, 0.25) is 0 Å². The van der Waals surface area contributed by atoms with Gasteiger partial charge in [-0.3, -0.25) is 9.59 Å². The van der Waals surface area contributed by atoms with Crippen molar-refractivity contribution in [3.8, 4) is 0 Å². The van der Waals surface area contributed by atoms with Gasteiger partial charge in [-0.05, 0) is 73.4 Å². The van der Waals surface area contributed by atoms with Crippen LogP contribution in [0.25, 0.3) is 0 Å². The molecule has 12 heteroatoms. The Hall–Kier alpha value is -2.09. The van der Waals surface area contributed by atoms with E-state index in [0.717, 1.165) is 18.4 Å². The van der Waals surface area contributed by atoms with Gasteiger partial charge in [0.2, 0.25) is 0 Å². The minimum atomic E-state index is -1.12. The van der Waals surface area contributed by atoms with E-state index >= 15 is 0 Å². The fourth-order valence-electron chi connectivity index (χ4n) is 8.95. The molecule has 280 valence electrons. The summed E-state index contributed by atoms with van der Waals surface area (Å²) in [5, 5.41) is 3.05. The van der Waals surface area contributed by atoms with E-state index in [0.29, 0.717) is 12.8 Å². The van der Waals surface area contributed by atoms with Crippen LogP contribution in [0, 0.1) is 23.7 Å². The number of likely N-dealkylation sites (N-methyl/N-ethyl adjacent to an activating group) is 1. The Labute approximate surface area is 293 Å². The first-order chi connectivity index (χ1) is 23.0. The molecule has 4 aliphatic rings. The lowest BCUT2D eigenvalue weighted by atomic mass is 9.71. The molecule has 0 spiro atoms. The molecule has 0 aromatic carbocycles. The van der Waals surface area contributed by atoms with Crippen molar-refractivity contribution in [3.05, 3.63) is 11.6 Å². The number of cyclic esters (lactones) is 1. The monoisotopic (exact) mass is 694 g/mol. The Bertz CT molecular complexity index is 1210. The fourth-order valence-corrected chi connectivity index (χ4v) is 8.95. The van der Waals surface area contributed by atoms with Crippen LogP contribution in [0.3, 0.4) is 0 Å². The summed E-state index contributed by atoms with van der Waals surface area (Å²) in [6, 6.07) is -0.442. The molecule has 0 unspecified atom stereocenters. The Kier molecular flexibility index (Phi) is 13.0. The first-order valence-electron chi connectivity index (χ1n) is 18.2. The minimum Gasteiger partial charge on any atom is -0.458 e. The summed E-state index contributed by atoms with van der Waals surface area (Å²) in [4.78, 5) is 42.4. The van der Waals surface area contributed by atoms with Crippen molar-refractivity contribution < 1.29 is 47.5 Å². The van der Waals surface area contributed by atoms with E-state index in [2.05, 4.69) is 37.1 Å². The third kappa shape index (κ3) is 8.20. The van der Waals surface area contributed by atoms with Crippen molar-refractivity contribution in [2.45, 2.75) is 148 Å². The molecule has 12 nitrogen and oxygen atoms in total. The number of fused-ring (bicyclic) bond motifs is 4. The maximum Gasteiger partial charge on any atom is 0.408 e. The molecule has 14 atom stereocenters. The Morgan fingerprint density at radius 2 is 1.71 bits per heavy atom. The number of ether oxygens (including phenoxy) is 7. The molecular formula is C37H62N2O10. The number of hydrogen-bond acceptors (Lipinski definition) is 11. The molecular weight excluding hydrogens is 632 g/mol. The Morgan fingerprint density at radius 1 is 1.02 bits per heavy atom. The number of carbonyl (C=O) groups excluding carboxylic acids is 3. The summed E-state index contributed by atoms with van der Waals surface area (Å²) in [5.41, 5.74) is -1.06. The molecule has 0 radical (unpaired) electrons. The van der Waals surface area contributed by atoms with Crippen LogP contribution in [0.5, 0.6) is 0 Å². The molecule has 1 N–H and O–H groups in total. The summed E-state index contributed by atoms with van der Waals surface area (Å²) in [6.07, 6.45) is 0.620. The molecule has 49 heavy (non-hydrogen) atoms.